The first-order chi connectivity index (χ1) is 9.58. The Kier molecular flexibility index (Phi) is 5.85. The average Bonchev–Trinajstić information content (AvgIpc) is 2.38. The van der Waals surface area contributed by atoms with Gasteiger partial charge in [-0.2, -0.15) is 0 Å². The lowest BCUT2D eigenvalue weighted by molar-refractivity contribution is -0.121. The molecule has 1 aromatic rings. The molecule has 0 aliphatic carbocycles. The van der Waals surface area contributed by atoms with Crippen LogP contribution < -0.4 is 5.32 Å². The third-order valence-corrected chi connectivity index (χ3v) is 3.89. The van der Waals surface area contributed by atoms with Crippen molar-refractivity contribution in [1.29, 1.82) is 0 Å². The standard InChI is InChI=1S/C16H24ClNO2/c1-11-8-15(9-12(2)19-11)20-16(10-18-3)13-4-6-14(17)7-5-13/h4-7,11-12,15-16,18H,8-10H2,1-3H3. The number of nitrogens with one attached hydrogen (secondary N) is 1. The third kappa shape index (κ3) is 4.45. The minimum Gasteiger partial charge on any atom is -0.375 e. The molecule has 1 aliphatic rings. The van der Waals surface area contributed by atoms with Gasteiger partial charge in [0.05, 0.1) is 24.4 Å². The first kappa shape index (κ1) is 15.8. The van der Waals surface area contributed by atoms with Crippen LogP contribution in [-0.2, 0) is 9.47 Å². The Balaban J connectivity index is 2.03. The van der Waals surface area contributed by atoms with Crippen molar-refractivity contribution >= 4 is 11.6 Å². The van der Waals surface area contributed by atoms with Crippen LogP contribution in [-0.4, -0.2) is 31.9 Å². The van der Waals surface area contributed by atoms with Crippen molar-refractivity contribution in [3.63, 3.8) is 0 Å². The summed E-state index contributed by atoms with van der Waals surface area (Å²) in [6.45, 7) is 5.02. The van der Waals surface area contributed by atoms with E-state index in [1.165, 1.54) is 0 Å². The van der Waals surface area contributed by atoms with Gasteiger partial charge in [-0.05, 0) is 51.4 Å². The Bertz CT molecular complexity index is 399. The predicted octanol–water partition coefficient (Wildman–Crippen LogP) is 3.57. The Hall–Kier alpha value is -0.610. The molecule has 3 nitrogen and oxygen atoms in total. The summed E-state index contributed by atoms with van der Waals surface area (Å²) in [4.78, 5) is 0. The zero-order valence-corrected chi connectivity index (χ0v) is 13.2. The molecular formula is C16H24ClNO2. The average molecular weight is 298 g/mol. The van der Waals surface area contributed by atoms with Crippen LogP contribution in [0.3, 0.4) is 0 Å². The molecule has 0 bridgehead atoms. The molecule has 0 amide bonds. The molecule has 1 aromatic carbocycles. The maximum absolute atomic E-state index is 6.31. The lowest BCUT2D eigenvalue weighted by Crippen LogP contribution is -2.36. The van der Waals surface area contributed by atoms with Gasteiger partial charge >= 0.3 is 0 Å². The highest BCUT2D eigenvalue weighted by molar-refractivity contribution is 6.30. The molecule has 1 fully saturated rings. The van der Waals surface area contributed by atoms with Gasteiger partial charge in [0.15, 0.2) is 0 Å². The zero-order chi connectivity index (χ0) is 14.5. The molecule has 3 atom stereocenters. The molecule has 0 aromatic heterocycles. The number of benzene rings is 1. The van der Waals surface area contributed by atoms with Crippen LogP contribution in [0.5, 0.6) is 0 Å². The van der Waals surface area contributed by atoms with E-state index in [2.05, 4.69) is 19.2 Å². The highest BCUT2D eigenvalue weighted by Crippen LogP contribution is 2.28. The first-order valence-corrected chi connectivity index (χ1v) is 7.67. The lowest BCUT2D eigenvalue weighted by atomic mass is 10.0. The first-order valence-electron chi connectivity index (χ1n) is 7.29. The maximum atomic E-state index is 6.31. The van der Waals surface area contributed by atoms with Crippen molar-refractivity contribution < 1.29 is 9.47 Å². The maximum Gasteiger partial charge on any atom is 0.0952 e. The third-order valence-electron chi connectivity index (χ3n) is 3.64. The van der Waals surface area contributed by atoms with Crippen molar-refractivity contribution in [3.05, 3.63) is 34.9 Å². The van der Waals surface area contributed by atoms with Crippen LogP contribution >= 0.6 is 11.6 Å². The van der Waals surface area contributed by atoms with Gasteiger partial charge in [-0.15, -0.1) is 0 Å². The Morgan fingerprint density at radius 2 is 1.85 bits per heavy atom. The predicted molar refractivity (Wildman–Crippen MR) is 82.2 cm³/mol. The smallest absolute Gasteiger partial charge is 0.0952 e. The van der Waals surface area contributed by atoms with E-state index in [4.69, 9.17) is 21.1 Å². The van der Waals surface area contributed by atoms with Gasteiger partial charge in [0.2, 0.25) is 0 Å². The fourth-order valence-corrected chi connectivity index (χ4v) is 2.92. The van der Waals surface area contributed by atoms with Crippen LogP contribution in [0.25, 0.3) is 0 Å². The SMILES string of the molecule is CNCC(OC1CC(C)OC(C)C1)c1ccc(Cl)cc1. The summed E-state index contributed by atoms with van der Waals surface area (Å²) in [5.41, 5.74) is 1.16. The number of likely N-dealkylation sites (N-methyl/N-ethyl adjacent to an activating group) is 1. The topological polar surface area (TPSA) is 30.5 Å². The molecule has 0 spiro atoms. The Morgan fingerprint density at radius 1 is 1.25 bits per heavy atom. The van der Waals surface area contributed by atoms with E-state index in [9.17, 15) is 0 Å². The molecule has 1 saturated heterocycles. The Labute approximate surface area is 126 Å². The van der Waals surface area contributed by atoms with E-state index >= 15 is 0 Å². The second-order valence-corrected chi connectivity index (χ2v) is 6.02. The summed E-state index contributed by atoms with van der Waals surface area (Å²) >= 11 is 5.95. The van der Waals surface area contributed by atoms with Crippen LogP contribution in [0.2, 0.25) is 5.02 Å². The van der Waals surface area contributed by atoms with E-state index in [-0.39, 0.29) is 24.4 Å². The summed E-state index contributed by atoms with van der Waals surface area (Å²) in [6.07, 6.45) is 2.76. The van der Waals surface area contributed by atoms with Crippen molar-refractivity contribution in [2.45, 2.75) is 51.1 Å². The largest absolute Gasteiger partial charge is 0.375 e. The Morgan fingerprint density at radius 3 is 2.40 bits per heavy atom. The monoisotopic (exact) mass is 297 g/mol. The summed E-state index contributed by atoms with van der Waals surface area (Å²) in [6, 6.07) is 7.91. The van der Waals surface area contributed by atoms with Gasteiger partial charge in [-0.25, -0.2) is 0 Å². The number of hydrogen-bond donors (Lipinski definition) is 1. The van der Waals surface area contributed by atoms with Gasteiger partial charge in [0.1, 0.15) is 0 Å². The molecule has 0 saturated carbocycles. The highest BCUT2D eigenvalue weighted by Gasteiger charge is 2.27. The zero-order valence-electron chi connectivity index (χ0n) is 12.4. The lowest BCUT2D eigenvalue weighted by Gasteiger charge is -2.34. The van der Waals surface area contributed by atoms with Crippen molar-refractivity contribution in [1.82, 2.24) is 5.32 Å². The van der Waals surface area contributed by atoms with Gasteiger partial charge in [-0.3, -0.25) is 0 Å². The van der Waals surface area contributed by atoms with Crippen molar-refractivity contribution in [2.75, 3.05) is 13.6 Å². The molecule has 1 heterocycles. The molecule has 20 heavy (non-hydrogen) atoms. The molecule has 3 unspecified atom stereocenters. The normalized spacial score (nSPS) is 28.3. The van der Waals surface area contributed by atoms with Crippen molar-refractivity contribution in [2.24, 2.45) is 0 Å². The van der Waals surface area contributed by atoms with Gasteiger partial charge in [0.25, 0.3) is 0 Å². The molecular weight excluding hydrogens is 274 g/mol. The van der Waals surface area contributed by atoms with E-state index in [1.54, 1.807) is 0 Å². The van der Waals surface area contributed by atoms with E-state index in [0.29, 0.717) is 0 Å². The fourth-order valence-electron chi connectivity index (χ4n) is 2.80. The molecule has 2 rings (SSSR count). The molecule has 112 valence electrons. The van der Waals surface area contributed by atoms with Gasteiger partial charge < -0.3 is 14.8 Å². The summed E-state index contributed by atoms with van der Waals surface area (Å²) < 4.78 is 12.1. The van der Waals surface area contributed by atoms with Crippen LogP contribution in [0.4, 0.5) is 0 Å². The molecule has 1 aliphatic heterocycles. The van der Waals surface area contributed by atoms with Crippen LogP contribution in [0.1, 0.15) is 38.4 Å². The summed E-state index contributed by atoms with van der Waals surface area (Å²) in [7, 11) is 1.95. The fraction of sp³-hybridized carbons (Fsp3) is 0.625. The number of halogens is 1. The highest BCUT2D eigenvalue weighted by atomic mass is 35.5. The van der Waals surface area contributed by atoms with Crippen LogP contribution in [0.15, 0.2) is 24.3 Å². The van der Waals surface area contributed by atoms with Gasteiger partial charge in [0, 0.05) is 11.6 Å². The van der Waals surface area contributed by atoms with E-state index < -0.39 is 0 Å². The second kappa shape index (κ2) is 7.41. The second-order valence-electron chi connectivity index (χ2n) is 5.58. The minimum absolute atomic E-state index is 0.0553. The number of rotatable bonds is 5. The molecule has 1 N–H and O–H groups in total. The molecule has 0 radical (unpaired) electrons. The number of ether oxygens (including phenoxy) is 2. The summed E-state index contributed by atoms with van der Waals surface area (Å²) in [5, 5.41) is 3.96. The number of hydrogen-bond acceptors (Lipinski definition) is 3. The van der Waals surface area contributed by atoms with Gasteiger partial charge in [-0.1, -0.05) is 23.7 Å². The molecule has 4 heteroatoms. The van der Waals surface area contributed by atoms with Crippen molar-refractivity contribution in [3.8, 4) is 0 Å². The van der Waals surface area contributed by atoms with Crippen LogP contribution in [0, 0.1) is 0 Å². The minimum atomic E-state index is 0.0553. The van der Waals surface area contributed by atoms with E-state index in [1.807, 2.05) is 31.3 Å². The summed E-state index contributed by atoms with van der Waals surface area (Å²) in [5.74, 6) is 0. The quantitative estimate of drug-likeness (QED) is 0.901. The van der Waals surface area contributed by atoms with E-state index in [0.717, 1.165) is 30.0 Å².